The van der Waals surface area contributed by atoms with Gasteiger partial charge in [-0.2, -0.15) is 10.2 Å². The molecule has 10 heteroatoms. The molecular formula is C12H19N7OS2. The molecule has 0 unspecified atom stereocenters. The highest BCUT2D eigenvalue weighted by Gasteiger charge is 2.07. The molecule has 22 heavy (non-hydrogen) atoms. The molecule has 0 atom stereocenters. The lowest BCUT2D eigenvalue weighted by Gasteiger charge is -2.05. The van der Waals surface area contributed by atoms with E-state index in [0.717, 1.165) is 0 Å². The second-order valence-electron chi connectivity index (χ2n) is 3.90. The maximum atomic E-state index is 5.57. The van der Waals surface area contributed by atoms with Crippen LogP contribution in [-0.2, 0) is 0 Å². The molecule has 1 heterocycles. The van der Waals surface area contributed by atoms with Crippen molar-refractivity contribution in [3.63, 3.8) is 0 Å². The Labute approximate surface area is 139 Å². The first-order valence-corrected chi connectivity index (χ1v) is 7.42. The highest BCUT2D eigenvalue weighted by molar-refractivity contribution is 7.80. The van der Waals surface area contributed by atoms with E-state index in [-0.39, 0.29) is 5.88 Å². The van der Waals surface area contributed by atoms with Gasteiger partial charge in [-0.3, -0.25) is 10.9 Å². The van der Waals surface area contributed by atoms with E-state index in [2.05, 4.69) is 31.7 Å². The zero-order valence-electron chi connectivity index (χ0n) is 12.3. The third kappa shape index (κ3) is 6.50. The first-order chi connectivity index (χ1) is 10.6. The van der Waals surface area contributed by atoms with Gasteiger partial charge in [-0.15, -0.1) is 0 Å². The number of nitrogen functional groups attached to an aromatic ring is 1. The largest absolute Gasteiger partial charge is 0.439 e. The normalized spacial score (nSPS) is 11.3. The van der Waals surface area contributed by atoms with E-state index in [1.54, 1.807) is 12.1 Å². The number of thiocarbonyl (C=S) groups is 2. The lowest BCUT2D eigenvalue weighted by atomic mass is 10.3. The van der Waals surface area contributed by atoms with Gasteiger partial charge < -0.3 is 20.8 Å². The Morgan fingerprint density at radius 3 is 2.36 bits per heavy atom. The second kappa shape index (κ2) is 9.68. The standard InChI is InChI=1S/C12H19N7OS2/c1-3-14-11(21)18-16-7-8(9-5-6-10(13)20-9)17-19-12(22)15-4-2/h5-7H,3-4,13H2,1-2H3,(H2,14,18,21)(H2,15,19,22)/b16-7+,17-8-. The molecule has 0 saturated heterocycles. The molecule has 0 aliphatic heterocycles. The lowest BCUT2D eigenvalue weighted by Crippen LogP contribution is -2.33. The number of rotatable bonds is 6. The van der Waals surface area contributed by atoms with Gasteiger partial charge in [0, 0.05) is 19.2 Å². The van der Waals surface area contributed by atoms with Crippen molar-refractivity contribution in [3.05, 3.63) is 17.9 Å². The number of hydrazone groups is 2. The summed E-state index contributed by atoms with van der Waals surface area (Å²) in [5.74, 6) is 0.728. The summed E-state index contributed by atoms with van der Waals surface area (Å²) >= 11 is 10.0. The molecule has 0 spiro atoms. The predicted molar refractivity (Wildman–Crippen MR) is 97.0 cm³/mol. The minimum atomic E-state index is 0.279. The number of nitrogens with one attached hydrogen (secondary N) is 4. The van der Waals surface area contributed by atoms with Gasteiger partial charge in [0.05, 0.1) is 6.21 Å². The average molecular weight is 341 g/mol. The van der Waals surface area contributed by atoms with E-state index in [9.17, 15) is 0 Å². The van der Waals surface area contributed by atoms with E-state index in [4.69, 9.17) is 34.6 Å². The molecular weight excluding hydrogens is 322 g/mol. The fraction of sp³-hybridized carbons (Fsp3) is 0.333. The van der Waals surface area contributed by atoms with E-state index in [0.29, 0.717) is 34.8 Å². The molecule has 0 bridgehead atoms. The summed E-state index contributed by atoms with van der Waals surface area (Å²) in [4.78, 5) is 0. The second-order valence-corrected chi connectivity index (χ2v) is 4.72. The number of nitrogens with zero attached hydrogens (tertiary/aromatic N) is 2. The summed E-state index contributed by atoms with van der Waals surface area (Å²) in [5.41, 5.74) is 11.3. The first kappa shape index (κ1) is 17.9. The van der Waals surface area contributed by atoms with Gasteiger partial charge in [-0.25, -0.2) is 0 Å². The predicted octanol–water partition coefficient (Wildman–Crippen LogP) is 0.520. The molecule has 1 aromatic rings. The number of furan rings is 1. The van der Waals surface area contributed by atoms with Gasteiger partial charge in [-0.1, -0.05) is 0 Å². The highest BCUT2D eigenvalue weighted by Crippen LogP contribution is 2.09. The van der Waals surface area contributed by atoms with Crippen LogP contribution >= 0.6 is 24.4 Å². The molecule has 0 aliphatic carbocycles. The van der Waals surface area contributed by atoms with Crippen molar-refractivity contribution in [2.75, 3.05) is 18.8 Å². The molecule has 0 radical (unpaired) electrons. The van der Waals surface area contributed by atoms with Crippen LogP contribution in [0.25, 0.3) is 0 Å². The number of hydrogen-bond acceptors (Lipinski definition) is 6. The maximum Gasteiger partial charge on any atom is 0.191 e. The van der Waals surface area contributed by atoms with Crippen molar-refractivity contribution >= 4 is 52.5 Å². The Bertz CT molecular complexity index is 568. The molecule has 0 aromatic carbocycles. The van der Waals surface area contributed by atoms with Crippen LogP contribution in [0.3, 0.4) is 0 Å². The van der Waals surface area contributed by atoms with Crippen LogP contribution in [0.2, 0.25) is 0 Å². The van der Waals surface area contributed by atoms with E-state index in [1.807, 2.05) is 13.8 Å². The maximum absolute atomic E-state index is 5.57. The molecule has 0 fully saturated rings. The van der Waals surface area contributed by atoms with Crippen molar-refractivity contribution in [1.29, 1.82) is 0 Å². The van der Waals surface area contributed by atoms with E-state index < -0.39 is 0 Å². The van der Waals surface area contributed by atoms with E-state index >= 15 is 0 Å². The van der Waals surface area contributed by atoms with Crippen LogP contribution in [0.5, 0.6) is 0 Å². The topological polar surface area (TPSA) is 112 Å². The molecule has 8 nitrogen and oxygen atoms in total. The van der Waals surface area contributed by atoms with Gasteiger partial charge in [0.2, 0.25) is 0 Å². The van der Waals surface area contributed by atoms with Crippen LogP contribution in [-0.4, -0.2) is 35.2 Å². The first-order valence-electron chi connectivity index (χ1n) is 6.60. The van der Waals surface area contributed by atoms with Crippen LogP contribution in [0.1, 0.15) is 19.6 Å². The third-order valence-corrected chi connectivity index (χ3v) is 2.66. The Hall–Kier alpha value is -2.20. The minimum absolute atomic E-state index is 0.279. The highest BCUT2D eigenvalue weighted by atomic mass is 32.1. The van der Waals surface area contributed by atoms with Gasteiger partial charge in [0.1, 0.15) is 5.71 Å². The van der Waals surface area contributed by atoms with Crippen molar-refractivity contribution in [2.24, 2.45) is 10.2 Å². The van der Waals surface area contributed by atoms with Gasteiger partial charge in [-0.05, 0) is 44.3 Å². The number of hydrogen-bond donors (Lipinski definition) is 5. The molecule has 0 aliphatic rings. The Morgan fingerprint density at radius 1 is 1.18 bits per heavy atom. The van der Waals surface area contributed by atoms with Crippen LogP contribution in [0, 0.1) is 0 Å². The number of anilines is 1. The molecule has 120 valence electrons. The third-order valence-electron chi connectivity index (χ3n) is 2.18. The number of nitrogens with two attached hydrogens (primary N) is 1. The fourth-order valence-electron chi connectivity index (χ4n) is 1.30. The molecule has 1 rings (SSSR count). The summed E-state index contributed by atoms with van der Waals surface area (Å²) in [6.07, 6.45) is 1.45. The Kier molecular flexibility index (Phi) is 7.86. The zero-order valence-corrected chi connectivity index (χ0v) is 14.0. The Morgan fingerprint density at radius 2 is 1.82 bits per heavy atom. The summed E-state index contributed by atoms with van der Waals surface area (Å²) in [6, 6.07) is 3.30. The van der Waals surface area contributed by atoms with E-state index in [1.165, 1.54) is 6.21 Å². The van der Waals surface area contributed by atoms with Gasteiger partial charge in [0.15, 0.2) is 21.9 Å². The minimum Gasteiger partial charge on any atom is -0.439 e. The Balaban J connectivity index is 2.78. The molecule has 1 aromatic heterocycles. The molecule has 0 saturated carbocycles. The van der Waals surface area contributed by atoms with Gasteiger partial charge in [0.25, 0.3) is 0 Å². The van der Waals surface area contributed by atoms with Crippen LogP contribution in [0.15, 0.2) is 26.8 Å². The van der Waals surface area contributed by atoms with Crippen molar-refractivity contribution in [3.8, 4) is 0 Å². The summed E-state index contributed by atoms with van der Waals surface area (Å²) in [5, 5.41) is 14.7. The van der Waals surface area contributed by atoms with Crippen LogP contribution in [0.4, 0.5) is 5.88 Å². The fourth-order valence-corrected chi connectivity index (χ4v) is 1.69. The summed E-state index contributed by atoms with van der Waals surface area (Å²) in [7, 11) is 0. The SMILES string of the molecule is CCNC(=S)N/N=C(/C=N/NC(=S)NCC)c1ccc(N)o1. The summed E-state index contributed by atoms with van der Waals surface area (Å²) in [6.45, 7) is 5.26. The smallest absolute Gasteiger partial charge is 0.191 e. The molecule has 0 amide bonds. The lowest BCUT2D eigenvalue weighted by molar-refractivity contribution is 0.578. The summed E-state index contributed by atoms with van der Waals surface area (Å²) < 4.78 is 5.32. The van der Waals surface area contributed by atoms with Crippen molar-refractivity contribution in [2.45, 2.75) is 13.8 Å². The molecule has 6 N–H and O–H groups in total. The monoisotopic (exact) mass is 341 g/mol. The zero-order chi connectivity index (χ0) is 16.4. The average Bonchev–Trinajstić information content (AvgIpc) is 2.89. The van der Waals surface area contributed by atoms with Crippen molar-refractivity contribution < 1.29 is 4.42 Å². The van der Waals surface area contributed by atoms with Crippen molar-refractivity contribution in [1.82, 2.24) is 21.5 Å². The van der Waals surface area contributed by atoms with Gasteiger partial charge >= 0.3 is 0 Å². The van der Waals surface area contributed by atoms with Crippen LogP contribution < -0.4 is 27.2 Å². The quantitative estimate of drug-likeness (QED) is 0.289.